The number of benzene rings is 2. The highest BCUT2D eigenvalue weighted by Crippen LogP contribution is 2.34. The predicted molar refractivity (Wildman–Crippen MR) is 82.1 cm³/mol. The van der Waals surface area contributed by atoms with Crippen molar-refractivity contribution in [1.82, 2.24) is 4.98 Å². The third kappa shape index (κ3) is 2.60. The van der Waals surface area contributed by atoms with Crippen LogP contribution in [-0.4, -0.2) is 4.98 Å². The zero-order valence-electron chi connectivity index (χ0n) is 10.4. The molecule has 94 valence electrons. The Kier molecular flexibility index (Phi) is 3.45. The third-order valence-electron chi connectivity index (χ3n) is 2.85. The summed E-state index contributed by atoms with van der Waals surface area (Å²) in [7, 11) is 0. The van der Waals surface area contributed by atoms with Crippen molar-refractivity contribution >= 4 is 34.3 Å². The van der Waals surface area contributed by atoms with E-state index in [0.29, 0.717) is 0 Å². The average Bonchev–Trinajstić information content (AvgIpc) is 2.41. The van der Waals surface area contributed by atoms with E-state index in [1.165, 1.54) is 4.90 Å². The number of hydrogen-bond acceptors (Lipinski definition) is 2. The SMILES string of the molecule is Cc1cc(Cl)c2cccc(Sc3ccccc3)c2n1. The molecule has 0 unspecified atom stereocenters. The monoisotopic (exact) mass is 285 g/mol. The highest BCUT2D eigenvalue weighted by molar-refractivity contribution is 7.99. The Morgan fingerprint density at radius 2 is 1.79 bits per heavy atom. The van der Waals surface area contributed by atoms with Gasteiger partial charge in [0.1, 0.15) is 0 Å². The number of hydrogen-bond donors (Lipinski definition) is 0. The normalized spacial score (nSPS) is 10.8. The largest absolute Gasteiger partial charge is 0.252 e. The van der Waals surface area contributed by atoms with Crippen molar-refractivity contribution in [3.05, 3.63) is 65.3 Å². The van der Waals surface area contributed by atoms with Gasteiger partial charge in [-0.25, -0.2) is 0 Å². The van der Waals surface area contributed by atoms with Crippen LogP contribution in [0.25, 0.3) is 10.9 Å². The number of aryl methyl sites for hydroxylation is 1. The molecule has 3 rings (SSSR count). The van der Waals surface area contributed by atoms with E-state index in [1.54, 1.807) is 11.8 Å². The summed E-state index contributed by atoms with van der Waals surface area (Å²) in [5.74, 6) is 0. The van der Waals surface area contributed by atoms with E-state index in [9.17, 15) is 0 Å². The second kappa shape index (κ2) is 5.24. The summed E-state index contributed by atoms with van der Waals surface area (Å²) >= 11 is 8.00. The Hall–Kier alpha value is -1.51. The van der Waals surface area contributed by atoms with Crippen LogP contribution >= 0.6 is 23.4 Å². The number of aromatic nitrogens is 1. The van der Waals surface area contributed by atoms with Crippen LogP contribution in [0.4, 0.5) is 0 Å². The molecular formula is C16H12ClNS. The van der Waals surface area contributed by atoms with E-state index < -0.39 is 0 Å². The van der Waals surface area contributed by atoms with E-state index in [0.717, 1.165) is 26.5 Å². The minimum atomic E-state index is 0.762. The number of halogens is 1. The van der Waals surface area contributed by atoms with Crippen molar-refractivity contribution in [3.63, 3.8) is 0 Å². The summed E-state index contributed by atoms with van der Waals surface area (Å²) in [4.78, 5) is 6.96. The van der Waals surface area contributed by atoms with Gasteiger partial charge in [-0.3, -0.25) is 4.98 Å². The zero-order valence-corrected chi connectivity index (χ0v) is 12.0. The first kappa shape index (κ1) is 12.5. The Bertz CT molecular complexity index is 725. The lowest BCUT2D eigenvalue weighted by Gasteiger charge is -2.07. The number of rotatable bonds is 2. The topological polar surface area (TPSA) is 12.9 Å². The van der Waals surface area contributed by atoms with E-state index in [-0.39, 0.29) is 0 Å². The molecule has 0 aliphatic rings. The van der Waals surface area contributed by atoms with Crippen LogP contribution in [0.5, 0.6) is 0 Å². The minimum absolute atomic E-state index is 0.762. The Balaban J connectivity index is 2.14. The molecule has 0 spiro atoms. The Labute approximate surface area is 121 Å². The molecule has 0 saturated heterocycles. The van der Waals surface area contributed by atoms with Crippen LogP contribution in [0, 0.1) is 6.92 Å². The molecule has 0 fully saturated rings. The fourth-order valence-corrected chi connectivity index (χ4v) is 3.25. The Morgan fingerprint density at radius 1 is 1.00 bits per heavy atom. The van der Waals surface area contributed by atoms with Gasteiger partial charge in [-0.05, 0) is 31.2 Å². The van der Waals surface area contributed by atoms with Gasteiger partial charge < -0.3 is 0 Å². The van der Waals surface area contributed by atoms with Crippen molar-refractivity contribution in [3.8, 4) is 0 Å². The molecule has 0 aliphatic heterocycles. The van der Waals surface area contributed by atoms with Crippen molar-refractivity contribution < 1.29 is 0 Å². The van der Waals surface area contributed by atoms with Crippen LogP contribution < -0.4 is 0 Å². The predicted octanol–water partition coefficient (Wildman–Crippen LogP) is 5.35. The number of nitrogens with zero attached hydrogens (tertiary/aromatic N) is 1. The summed E-state index contributed by atoms with van der Waals surface area (Å²) in [5, 5.41) is 1.77. The molecule has 0 atom stereocenters. The standard InChI is InChI=1S/C16H12ClNS/c1-11-10-14(17)13-8-5-9-15(16(13)18-11)19-12-6-3-2-4-7-12/h2-10H,1H3. The second-order valence-electron chi connectivity index (χ2n) is 4.31. The molecule has 1 nitrogen and oxygen atoms in total. The van der Waals surface area contributed by atoms with Crippen LogP contribution in [0.3, 0.4) is 0 Å². The summed E-state index contributed by atoms with van der Waals surface area (Å²) in [5.41, 5.74) is 1.92. The molecule has 0 radical (unpaired) electrons. The molecule has 3 aromatic rings. The number of pyridine rings is 1. The van der Waals surface area contributed by atoms with Gasteiger partial charge in [0.15, 0.2) is 0 Å². The van der Waals surface area contributed by atoms with Gasteiger partial charge in [0.2, 0.25) is 0 Å². The Morgan fingerprint density at radius 3 is 2.58 bits per heavy atom. The maximum absolute atomic E-state index is 6.29. The van der Waals surface area contributed by atoms with Gasteiger partial charge in [0.25, 0.3) is 0 Å². The smallest absolute Gasteiger partial charge is 0.0859 e. The molecule has 19 heavy (non-hydrogen) atoms. The summed E-state index contributed by atoms with van der Waals surface area (Å²) in [6, 6.07) is 18.3. The maximum Gasteiger partial charge on any atom is 0.0859 e. The second-order valence-corrected chi connectivity index (χ2v) is 5.84. The van der Waals surface area contributed by atoms with Crippen LogP contribution in [0.2, 0.25) is 5.02 Å². The quantitative estimate of drug-likeness (QED) is 0.630. The molecule has 0 amide bonds. The highest BCUT2D eigenvalue weighted by atomic mass is 35.5. The van der Waals surface area contributed by atoms with Crippen LogP contribution in [0.15, 0.2) is 64.4 Å². The highest BCUT2D eigenvalue weighted by Gasteiger charge is 2.07. The average molecular weight is 286 g/mol. The molecule has 0 aliphatic carbocycles. The van der Waals surface area contributed by atoms with Gasteiger partial charge in [-0.15, -0.1) is 0 Å². The summed E-state index contributed by atoms with van der Waals surface area (Å²) in [6.07, 6.45) is 0. The summed E-state index contributed by atoms with van der Waals surface area (Å²) < 4.78 is 0. The lowest BCUT2D eigenvalue weighted by Crippen LogP contribution is -1.87. The van der Waals surface area contributed by atoms with Gasteiger partial charge in [-0.2, -0.15) is 0 Å². The molecule has 0 bridgehead atoms. The van der Waals surface area contributed by atoms with Gasteiger partial charge in [0, 0.05) is 20.9 Å². The van der Waals surface area contributed by atoms with Crippen molar-refractivity contribution in [1.29, 1.82) is 0 Å². The van der Waals surface area contributed by atoms with Crippen LogP contribution in [-0.2, 0) is 0 Å². The molecular weight excluding hydrogens is 274 g/mol. The molecule has 1 aromatic heterocycles. The molecule has 0 N–H and O–H groups in total. The van der Waals surface area contributed by atoms with Gasteiger partial charge >= 0.3 is 0 Å². The first-order chi connectivity index (χ1) is 9.24. The van der Waals surface area contributed by atoms with Crippen molar-refractivity contribution in [2.45, 2.75) is 16.7 Å². The fourth-order valence-electron chi connectivity index (χ4n) is 2.00. The maximum atomic E-state index is 6.29. The lowest BCUT2D eigenvalue weighted by atomic mass is 10.2. The zero-order chi connectivity index (χ0) is 13.2. The fraction of sp³-hybridized carbons (Fsp3) is 0.0625. The summed E-state index contributed by atoms with van der Waals surface area (Å²) in [6.45, 7) is 1.97. The van der Waals surface area contributed by atoms with Gasteiger partial charge in [0.05, 0.1) is 10.5 Å². The van der Waals surface area contributed by atoms with Crippen molar-refractivity contribution in [2.75, 3.05) is 0 Å². The molecule has 2 aromatic carbocycles. The minimum Gasteiger partial charge on any atom is -0.252 e. The first-order valence-electron chi connectivity index (χ1n) is 6.03. The van der Waals surface area contributed by atoms with Crippen LogP contribution in [0.1, 0.15) is 5.69 Å². The van der Waals surface area contributed by atoms with E-state index >= 15 is 0 Å². The van der Waals surface area contributed by atoms with Gasteiger partial charge in [-0.1, -0.05) is 53.7 Å². The third-order valence-corrected chi connectivity index (χ3v) is 4.22. The lowest BCUT2D eigenvalue weighted by molar-refractivity contribution is 1.23. The molecule has 3 heteroatoms. The molecule has 1 heterocycles. The first-order valence-corrected chi connectivity index (χ1v) is 7.22. The number of para-hydroxylation sites is 1. The number of fused-ring (bicyclic) bond motifs is 1. The molecule has 0 saturated carbocycles. The van der Waals surface area contributed by atoms with E-state index in [2.05, 4.69) is 23.2 Å². The van der Waals surface area contributed by atoms with Crippen molar-refractivity contribution in [2.24, 2.45) is 0 Å². The van der Waals surface area contributed by atoms with E-state index in [1.807, 2.05) is 43.3 Å². The van der Waals surface area contributed by atoms with E-state index in [4.69, 9.17) is 11.6 Å².